The largest absolute Gasteiger partial charge is 0.367 e. The van der Waals surface area contributed by atoms with Crippen LogP contribution < -0.4 is 0 Å². The number of rotatable bonds is 1. The number of hydrogen-bond donors (Lipinski definition) is 0. The maximum absolute atomic E-state index is 3.85. The summed E-state index contributed by atoms with van der Waals surface area (Å²) in [7, 11) is 0. The van der Waals surface area contributed by atoms with Crippen molar-refractivity contribution in [3.63, 3.8) is 0 Å². The molecule has 0 aromatic carbocycles. The van der Waals surface area contributed by atoms with Crippen molar-refractivity contribution in [1.82, 2.24) is 0 Å². The van der Waals surface area contributed by atoms with Gasteiger partial charge in [-0.2, -0.15) is 0 Å². The summed E-state index contributed by atoms with van der Waals surface area (Å²) >= 11 is 0. The Hall–Kier alpha value is 0.584. The molecule has 0 N–H and O–H groups in total. The molecule has 0 unspecified atom stereocenters. The van der Waals surface area contributed by atoms with Crippen LogP contribution in [-0.4, -0.2) is 0 Å². The van der Waals surface area contributed by atoms with Crippen LogP contribution in [0.2, 0.25) is 0 Å². The van der Waals surface area contributed by atoms with Crippen molar-refractivity contribution in [2.45, 2.75) is 20.8 Å². The molecule has 0 amide bonds. The SMILES string of the molecule is [CH2-]/C(C)=C(\[CH2-])C(C)C.[Y]. The molecule has 0 fully saturated rings. The third kappa shape index (κ3) is 5.05. The molecule has 0 saturated carbocycles. The zero-order valence-electron chi connectivity index (χ0n) is 6.57. The molecule has 0 aromatic heterocycles. The predicted octanol–water partition coefficient (Wildman–Crippen LogP) is 2.62. The fourth-order valence-corrected chi connectivity index (χ4v) is 0.493. The molecule has 0 aliphatic carbocycles. The summed E-state index contributed by atoms with van der Waals surface area (Å²) in [5, 5.41) is 0. The van der Waals surface area contributed by atoms with Gasteiger partial charge in [-0.25, -0.2) is 0 Å². The third-order valence-electron chi connectivity index (χ3n) is 1.25. The van der Waals surface area contributed by atoms with Gasteiger partial charge in [-0.05, 0) is 0 Å². The second-order valence-electron chi connectivity index (χ2n) is 2.46. The Kier molecular flexibility index (Phi) is 7.33. The van der Waals surface area contributed by atoms with Crippen molar-refractivity contribution in [2.24, 2.45) is 5.92 Å². The van der Waals surface area contributed by atoms with Crippen molar-refractivity contribution >= 4 is 0 Å². The van der Waals surface area contributed by atoms with Crippen molar-refractivity contribution in [2.75, 3.05) is 0 Å². The van der Waals surface area contributed by atoms with Gasteiger partial charge in [-0.1, -0.05) is 13.8 Å². The molecule has 1 radical (unpaired) electrons. The Labute approximate surface area is 84.0 Å². The molecule has 0 aliphatic rings. The zero-order valence-corrected chi connectivity index (χ0v) is 9.41. The van der Waals surface area contributed by atoms with Crippen LogP contribution in [0.3, 0.4) is 0 Å². The van der Waals surface area contributed by atoms with Gasteiger partial charge in [0.05, 0.1) is 0 Å². The summed E-state index contributed by atoms with van der Waals surface area (Å²) in [6.45, 7) is 13.9. The first-order valence-corrected chi connectivity index (χ1v) is 2.90. The summed E-state index contributed by atoms with van der Waals surface area (Å²) in [5.41, 5.74) is 2.25. The third-order valence-corrected chi connectivity index (χ3v) is 1.25. The molecule has 0 nitrogen and oxygen atoms in total. The smallest absolute Gasteiger partial charge is 0 e. The summed E-state index contributed by atoms with van der Waals surface area (Å²) < 4.78 is 0. The van der Waals surface area contributed by atoms with Crippen LogP contribution in [0.4, 0.5) is 0 Å². The van der Waals surface area contributed by atoms with Gasteiger partial charge in [-0.15, -0.1) is 12.8 Å². The summed E-state index contributed by atoms with van der Waals surface area (Å²) in [4.78, 5) is 0. The predicted molar refractivity (Wildman–Crippen MR) is 38.3 cm³/mol. The molecule has 0 heterocycles. The van der Waals surface area contributed by atoms with Gasteiger partial charge in [0, 0.05) is 32.7 Å². The Morgan fingerprint density at radius 1 is 1.22 bits per heavy atom. The summed E-state index contributed by atoms with van der Waals surface area (Å²) in [6.07, 6.45) is 0. The van der Waals surface area contributed by atoms with Gasteiger partial charge in [0.2, 0.25) is 0 Å². The molecule has 9 heavy (non-hydrogen) atoms. The van der Waals surface area contributed by atoms with Gasteiger partial charge in [0.1, 0.15) is 0 Å². The van der Waals surface area contributed by atoms with Gasteiger partial charge >= 0.3 is 0 Å². The normalized spacial score (nSPS) is 12.4. The molecule has 0 spiro atoms. The summed E-state index contributed by atoms with van der Waals surface area (Å²) in [6, 6.07) is 0. The summed E-state index contributed by atoms with van der Waals surface area (Å²) in [5.74, 6) is 0.549. The van der Waals surface area contributed by atoms with Crippen molar-refractivity contribution in [1.29, 1.82) is 0 Å². The van der Waals surface area contributed by atoms with Crippen LogP contribution in [-0.2, 0) is 32.7 Å². The number of allylic oxidation sites excluding steroid dienone is 2. The van der Waals surface area contributed by atoms with Crippen LogP contribution in [0.5, 0.6) is 0 Å². The van der Waals surface area contributed by atoms with E-state index in [2.05, 4.69) is 27.7 Å². The second kappa shape index (κ2) is 5.38. The van der Waals surface area contributed by atoms with Crippen LogP contribution in [0, 0.1) is 19.8 Å². The molecular weight excluding hydrogens is 185 g/mol. The van der Waals surface area contributed by atoms with E-state index < -0.39 is 0 Å². The van der Waals surface area contributed by atoms with Crippen molar-refractivity contribution in [3.8, 4) is 0 Å². The van der Waals surface area contributed by atoms with Crippen LogP contribution >= 0.6 is 0 Å². The maximum atomic E-state index is 3.85. The van der Waals surface area contributed by atoms with Crippen molar-refractivity contribution < 1.29 is 32.7 Å². The van der Waals surface area contributed by atoms with E-state index in [1.165, 1.54) is 0 Å². The Morgan fingerprint density at radius 3 is 1.56 bits per heavy atom. The Morgan fingerprint density at radius 2 is 1.56 bits per heavy atom. The minimum absolute atomic E-state index is 0. The first-order chi connectivity index (χ1) is 3.55. The first kappa shape index (κ1) is 12.3. The molecule has 1 heteroatoms. The number of hydrogen-bond acceptors (Lipinski definition) is 0. The monoisotopic (exact) mass is 199 g/mol. The molecule has 0 saturated heterocycles. The second-order valence-corrected chi connectivity index (χ2v) is 2.46. The Bertz CT molecular complexity index is 97.1. The van der Waals surface area contributed by atoms with Gasteiger partial charge in [-0.3, -0.25) is 0 Å². The Balaban J connectivity index is 0. The average Bonchev–Trinajstić information content (AvgIpc) is 1.64. The van der Waals surface area contributed by atoms with E-state index in [0.29, 0.717) is 5.92 Å². The molecule has 0 atom stereocenters. The minimum Gasteiger partial charge on any atom is -0.367 e. The average molecular weight is 199 g/mol. The van der Waals surface area contributed by atoms with E-state index in [9.17, 15) is 0 Å². The minimum atomic E-state index is 0. The molecule has 0 aromatic rings. The van der Waals surface area contributed by atoms with Crippen LogP contribution in [0.25, 0.3) is 0 Å². The van der Waals surface area contributed by atoms with Crippen LogP contribution in [0.1, 0.15) is 20.8 Å². The fraction of sp³-hybridized carbons (Fsp3) is 0.500. The van der Waals surface area contributed by atoms with Crippen LogP contribution in [0.15, 0.2) is 11.1 Å². The fourth-order valence-electron chi connectivity index (χ4n) is 0.493. The molecule has 0 aliphatic heterocycles. The standard InChI is InChI=1S/C8H14.Y/c1-6(2)8(5)7(3)4;/h7H,1,5H2,2-4H3;/q-2;/b8-6-;. The molecular formula is C8H14Y-2. The van der Waals surface area contributed by atoms with Gasteiger partial charge in [0.15, 0.2) is 0 Å². The van der Waals surface area contributed by atoms with E-state index in [0.717, 1.165) is 11.1 Å². The quantitative estimate of drug-likeness (QED) is 0.569. The van der Waals surface area contributed by atoms with E-state index in [4.69, 9.17) is 0 Å². The molecule has 0 bridgehead atoms. The maximum Gasteiger partial charge on any atom is 0 e. The van der Waals surface area contributed by atoms with E-state index in [1.807, 2.05) is 6.92 Å². The molecule has 51 valence electrons. The van der Waals surface area contributed by atoms with Crippen molar-refractivity contribution in [3.05, 3.63) is 25.0 Å². The van der Waals surface area contributed by atoms with Gasteiger partial charge in [0.25, 0.3) is 0 Å². The van der Waals surface area contributed by atoms with E-state index in [1.54, 1.807) is 0 Å². The first-order valence-electron chi connectivity index (χ1n) is 2.90. The topological polar surface area (TPSA) is 0 Å². The van der Waals surface area contributed by atoms with E-state index in [-0.39, 0.29) is 32.7 Å². The zero-order chi connectivity index (χ0) is 6.73. The molecule has 0 rings (SSSR count). The van der Waals surface area contributed by atoms with E-state index >= 15 is 0 Å². The van der Waals surface area contributed by atoms with Gasteiger partial charge < -0.3 is 25.0 Å².